The number of aryl methyl sites for hydroxylation is 1. The van der Waals surface area contributed by atoms with Crippen molar-refractivity contribution < 1.29 is 4.79 Å². The predicted molar refractivity (Wildman–Crippen MR) is 100 cm³/mol. The molecule has 6 heteroatoms. The molecule has 1 saturated heterocycles. The van der Waals surface area contributed by atoms with Crippen molar-refractivity contribution in [3.05, 3.63) is 17.2 Å². The van der Waals surface area contributed by atoms with E-state index in [-0.39, 0.29) is 17.9 Å². The van der Waals surface area contributed by atoms with Gasteiger partial charge in [0.05, 0.1) is 30.3 Å². The number of carbonyl (C=O) groups is 1. The molecule has 0 saturated carbocycles. The van der Waals surface area contributed by atoms with Gasteiger partial charge in [-0.2, -0.15) is 5.26 Å². The van der Waals surface area contributed by atoms with Crippen molar-refractivity contribution >= 4 is 5.91 Å². The van der Waals surface area contributed by atoms with E-state index in [9.17, 15) is 4.79 Å². The largest absolute Gasteiger partial charge is 0.341 e. The third-order valence-electron chi connectivity index (χ3n) is 5.86. The Morgan fingerprint density at radius 2 is 2.15 bits per heavy atom. The maximum absolute atomic E-state index is 12.8. The van der Waals surface area contributed by atoms with E-state index in [0.29, 0.717) is 19.6 Å². The normalized spacial score (nSPS) is 21.2. The van der Waals surface area contributed by atoms with E-state index in [0.717, 1.165) is 38.1 Å². The van der Waals surface area contributed by atoms with Crippen molar-refractivity contribution in [1.29, 1.82) is 5.26 Å². The van der Waals surface area contributed by atoms with Gasteiger partial charge < -0.3 is 9.47 Å². The third kappa shape index (κ3) is 3.78. The zero-order valence-electron chi connectivity index (χ0n) is 16.4. The number of amides is 1. The summed E-state index contributed by atoms with van der Waals surface area (Å²) < 4.78 is 2.29. The number of likely N-dealkylation sites (N-methyl/N-ethyl adjacent to an activating group) is 1. The summed E-state index contributed by atoms with van der Waals surface area (Å²) >= 11 is 0. The molecule has 0 N–H and O–H groups in total. The van der Waals surface area contributed by atoms with Crippen molar-refractivity contribution in [3.8, 4) is 6.07 Å². The fourth-order valence-electron chi connectivity index (χ4n) is 4.36. The van der Waals surface area contributed by atoms with Crippen molar-refractivity contribution in [2.24, 2.45) is 13.0 Å². The van der Waals surface area contributed by atoms with E-state index in [1.54, 1.807) is 0 Å². The first-order valence-corrected chi connectivity index (χ1v) is 10.0. The van der Waals surface area contributed by atoms with Gasteiger partial charge in [-0.3, -0.25) is 9.69 Å². The second-order valence-corrected chi connectivity index (χ2v) is 7.72. The Morgan fingerprint density at radius 1 is 1.38 bits per heavy atom. The summed E-state index contributed by atoms with van der Waals surface area (Å²) in [6, 6.07) is 2.46. The quantitative estimate of drug-likeness (QED) is 0.784. The molecule has 2 atom stereocenters. The van der Waals surface area contributed by atoms with E-state index >= 15 is 0 Å². The second-order valence-electron chi connectivity index (χ2n) is 7.72. The lowest BCUT2D eigenvalue weighted by Gasteiger charge is -2.28. The summed E-state index contributed by atoms with van der Waals surface area (Å²) in [7, 11) is 2.14. The Morgan fingerprint density at radius 3 is 2.85 bits per heavy atom. The number of rotatable bonds is 6. The van der Waals surface area contributed by atoms with Crippen LogP contribution in [0.15, 0.2) is 0 Å². The molecule has 2 heterocycles. The molecular weight excluding hydrogens is 326 g/mol. The Kier molecular flexibility index (Phi) is 5.98. The van der Waals surface area contributed by atoms with Gasteiger partial charge in [0.1, 0.15) is 5.82 Å². The van der Waals surface area contributed by atoms with Crippen LogP contribution in [0.4, 0.5) is 0 Å². The summed E-state index contributed by atoms with van der Waals surface area (Å²) in [6.07, 6.45) is 6.87. The van der Waals surface area contributed by atoms with Gasteiger partial charge in [-0.15, -0.1) is 0 Å². The molecule has 0 aromatic carbocycles. The molecule has 6 nitrogen and oxygen atoms in total. The summed E-state index contributed by atoms with van der Waals surface area (Å²) in [5, 5.41) is 9.04. The fourth-order valence-corrected chi connectivity index (χ4v) is 4.36. The molecule has 3 rings (SSSR count). The van der Waals surface area contributed by atoms with Gasteiger partial charge in [-0.1, -0.05) is 0 Å². The van der Waals surface area contributed by atoms with Gasteiger partial charge in [0.15, 0.2) is 0 Å². The molecule has 1 aliphatic carbocycles. The van der Waals surface area contributed by atoms with E-state index in [4.69, 9.17) is 10.2 Å². The van der Waals surface area contributed by atoms with E-state index in [1.165, 1.54) is 24.2 Å². The van der Waals surface area contributed by atoms with Gasteiger partial charge in [-0.25, -0.2) is 4.98 Å². The summed E-state index contributed by atoms with van der Waals surface area (Å²) in [5.41, 5.74) is 2.66. The number of nitriles is 1. The van der Waals surface area contributed by atoms with Gasteiger partial charge in [-0.05, 0) is 58.9 Å². The molecule has 0 bridgehead atoms. The number of fused-ring (bicyclic) bond motifs is 1. The summed E-state index contributed by atoms with van der Waals surface area (Å²) in [4.78, 5) is 21.9. The minimum atomic E-state index is -0.130. The lowest BCUT2D eigenvalue weighted by atomic mass is 10.0. The Balaban J connectivity index is 1.71. The van der Waals surface area contributed by atoms with E-state index in [2.05, 4.69) is 22.6 Å². The number of hydrogen-bond donors (Lipinski definition) is 0. The molecular formula is C20H31N5O. The van der Waals surface area contributed by atoms with Crippen LogP contribution in [0.2, 0.25) is 0 Å². The Hall–Kier alpha value is -1.87. The smallest absolute Gasteiger partial charge is 0.236 e. The molecule has 1 aromatic rings. The lowest BCUT2D eigenvalue weighted by molar-refractivity contribution is -0.132. The minimum Gasteiger partial charge on any atom is -0.341 e. The third-order valence-corrected chi connectivity index (χ3v) is 5.86. The van der Waals surface area contributed by atoms with Crippen molar-refractivity contribution in [2.75, 3.05) is 26.2 Å². The average Bonchev–Trinajstić information content (AvgIpc) is 3.23. The number of nitrogens with zero attached hydrogens (tertiary/aromatic N) is 5. The molecule has 1 aromatic heterocycles. The molecule has 26 heavy (non-hydrogen) atoms. The molecule has 0 unspecified atom stereocenters. The highest BCUT2D eigenvalue weighted by Gasteiger charge is 2.33. The number of hydrogen-bond acceptors (Lipinski definition) is 4. The molecule has 0 radical (unpaired) electrons. The maximum atomic E-state index is 12.8. The zero-order valence-corrected chi connectivity index (χ0v) is 16.4. The topological polar surface area (TPSA) is 65.2 Å². The lowest BCUT2D eigenvalue weighted by Crippen LogP contribution is -2.42. The number of aromatic nitrogens is 2. The molecule has 142 valence electrons. The molecule has 1 aliphatic heterocycles. The van der Waals surface area contributed by atoms with Crippen LogP contribution >= 0.6 is 0 Å². The fraction of sp³-hybridized carbons (Fsp3) is 0.750. The second kappa shape index (κ2) is 8.22. The SMILES string of the molecule is CCN(C[C@H](C)C#N)C(=O)CN1CCC[C@H]1c1nc2c(n1C)CCCC2. The van der Waals surface area contributed by atoms with Crippen LogP contribution in [-0.4, -0.2) is 51.4 Å². The monoisotopic (exact) mass is 357 g/mol. The van der Waals surface area contributed by atoms with Crippen LogP contribution in [0.1, 0.15) is 62.8 Å². The first-order chi connectivity index (χ1) is 12.5. The van der Waals surface area contributed by atoms with Gasteiger partial charge >= 0.3 is 0 Å². The first kappa shape index (κ1) is 18.9. The number of imidazole rings is 1. The predicted octanol–water partition coefficient (Wildman–Crippen LogP) is 2.44. The summed E-state index contributed by atoms with van der Waals surface area (Å²) in [5.74, 6) is 1.13. The van der Waals surface area contributed by atoms with Crippen LogP contribution in [0.25, 0.3) is 0 Å². The highest BCUT2D eigenvalue weighted by molar-refractivity contribution is 5.78. The van der Waals surface area contributed by atoms with Crippen molar-refractivity contribution in [1.82, 2.24) is 19.4 Å². The first-order valence-electron chi connectivity index (χ1n) is 10.0. The van der Waals surface area contributed by atoms with Crippen LogP contribution in [-0.2, 0) is 24.7 Å². The van der Waals surface area contributed by atoms with Crippen LogP contribution in [0.5, 0.6) is 0 Å². The number of carbonyl (C=O) groups excluding carboxylic acids is 1. The number of likely N-dealkylation sites (tertiary alicyclic amines) is 1. The highest BCUT2D eigenvalue weighted by atomic mass is 16.2. The molecule has 2 aliphatic rings. The van der Waals surface area contributed by atoms with Crippen LogP contribution in [0.3, 0.4) is 0 Å². The molecule has 0 spiro atoms. The van der Waals surface area contributed by atoms with Gasteiger partial charge in [0.2, 0.25) is 5.91 Å². The average molecular weight is 358 g/mol. The molecule has 1 amide bonds. The van der Waals surface area contributed by atoms with Crippen LogP contribution < -0.4 is 0 Å². The van der Waals surface area contributed by atoms with Gasteiger partial charge in [0, 0.05) is 25.8 Å². The van der Waals surface area contributed by atoms with E-state index < -0.39 is 0 Å². The highest BCUT2D eigenvalue weighted by Crippen LogP contribution is 2.33. The van der Waals surface area contributed by atoms with Gasteiger partial charge in [0.25, 0.3) is 0 Å². The standard InChI is InChI=1S/C20H31N5O/c1-4-24(13-15(2)12-21)19(26)14-25-11-7-10-18(25)20-22-16-8-5-6-9-17(16)23(20)3/h15,18H,4-11,13-14H2,1-3H3/t15-,18+/m1/s1. The van der Waals surface area contributed by atoms with Crippen molar-refractivity contribution in [2.45, 2.75) is 58.4 Å². The van der Waals surface area contributed by atoms with Crippen LogP contribution in [0, 0.1) is 17.2 Å². The summed E-state index contributed by atoms with van der Waals surface area (Å²) in [6.45, 7) is 6.39. The maximum Gasteiger partial charge on any atom is 0.236 e. The molecule has 1 fully saturated rings. The Bertz CT molecular complexity index is 689. The minimum absolute atomic E-state index is 0.125. The Labute approximate surface area is 156 Å². The van der Waals surface area contributed by atoms with Crippen molar-refractivity contribution in [3.63, 3.8) is 0 Å². The van der Waals surface area contributed by atoms with E-state index in [1.807, 2.05) is 18.7 Å². The zero-order chi connectivity index (χ0) is 18.7.